The molecule has 0 aliphatic carbocycles. The zero-order valence-corrected chi connectivity index (χ0v) is 19.1. The van der Waals surface area contributed by atoms with Crippen molar-refractivity contribution in [3.05, 3.63) is 71.4 Å². The van der Waals surface area contributed by atoms with Crippen LogP contribution in [0.3, 0.4) is 0 Å². The molecule has 0 saturated heterocycles. The number of para-hydroxylation sites is 2. The Bertz CT molecular complexity index is 1150. The number of ether oxygens (including phenoxy) is 3. The summed E-state index contributed by atoms with van der Waals surface area (Å²) in [5, 5.41) is 2.93. The van der Waals surface area contributed by atoms with Crippen LogP contribution in [-0.4, -0.2) is 42.3 Å². The van der Waals surface area contributed by atoms with Gasteiger partial charge in [-0.05, 0) is 44.5 Å². The number of aromatic nitrogens is 1. The van der Waals surface area contributed by atoms with Crippen LogP contribution in [-0.2, 0) is 16.1 Å². The third-order valence-corrected chi connectivity index (χ3v) is 5.61. The number of fused-ring (bicyclic) bond motifs is 1. The molecule has 172 valence electrons. The Balaban J connectivity index is 1.49. The number of nitrogens with zero attached hydrogens (tertiary/aromatic N) is 1. The van der Waals surface area contributed by atoms with Gasteiger partial charge in [0.05, 0.1) is 18.7 Å². The van der Waals surface area contributed by atoms with E-state index < -0.39 is 5.97 Å². The number of rotatable bonds is 7. The predicted molar refractivity (Wildman–Crippen MR) is 125 cm³/mol. The van der Waals surface area contributed by atoms with Gasteiger partial charge in [-0.1, -0.05) is 42.0 Å². The van der Waals surface area contributed by atoms with Crippen molar-refractivity contribution in [2.45, 2.75) is 33.4 Å². The van der Waals surface area contributed by atoms with Crippen LogP contribution in [0.25, 0.3) is 11.3 Å². The zero-order chi connectivity index (χ0) is 23.4. The van der Waals surface area contributed by atoms with Crippen LogP contribution >= 0.6 is 0 Å². The number of hydrogen-bond donors (Lipinski definition) is 1. The van der Waals surface area contributed by atoms with E-state index >= 15 is 0 Å². The summed E-state index contributed by atoms with van der Waals surface area (Å²) < 4.78 is 18.7. The second-order valence-corrected chi connectivity index (χ2v) is 8.00. The van der Waals surface area contributed by atoms with Gasteiger partial charge in [0.15, 0.2) is 11.5 Å². The first-order valence-corrected chi connectivity index (χ1v) is 11.1. The number of hydrogen-bond acceptors (Lipinski definition) is 5. The summed E-state index contributed by atoms with van der Waals surface area (Å²) in [7, 11) is 0. The van der Waals surface area contributed by atoms with Crippen LogP contribution in [0, 0.1) is 13.8 Å². The third kappa shape index (κ3) is 5.03. The van der Waals surface area contributed by atoms with Gasteiger partial charge >= 0.3 is 5.97 Å². The van der Waals surface area contributed by atoms with Crippen LogP contribution in [0.1, 0.15) is 28.5 Å². The number of carbonyl (C=O) groups is 2. The van der Waals surface area contributed by atoms with E-state index in [1.165, 1.54) is 0 Å². The van der Waals surface area contributed by atoms with Crippen molar-refractivity contribution in [3.63, 3.8) is 0 Å². The van der Waals surface area contributed by atoms with Gasteiger partial charge in [-0.25, -0.2) is 4.79 Å². The predicted octanol–water partition coefficient (Wildman–Crippen LogP) is 3.90. The SMILES string of the molecule is CCOC(=O)c1cc(-c2ccc(C)cc2)n(CC(=O)NCC2COc3ccccc3O2)c1C. The summed E-state index contributed by atoms with van der Waals surface area (Å²) in [6, 6.07) is 17.2. The van der Waals surface area contributed by atoms with E-state index in [2.05, 4.69) is 5.32 Å². The third-order valence-electron chi connectivity index (χ3n) is 5.61. The lowest BCUT2D eigenvalue weighted by atomic mass is 10.1. The minimum atomic E-state index is -0.395. The Morgan fingerprint density at radius 2 is 1.82 bits per heavy atom. The van der Waals surface area contributed by atoms with Crippen LogP contribution < -0.4 is 14.8 Å². The molecule has 33 heavy (non-hydrogen) atoms. The highest BCUT2D eigenvalue weighted by Gasteiger charge is 2.23. The summed E-state index contributed by atoms with van der Waals surface area (Å²) in [4.78, 5) is 25.3. The van der Waals surface area contributed by atoms with Gasteiger partial charge in [-0.3, -0.25) is 4.79 Å². The average molecular weight is 449 g/mol. The summed E-state index contributed by atoms with van der Waals surface area (Å²) in [5.74, 6) is 0.802. The van der Waals surface area contributed by atoms with Gasteiger partial charge in [0.2, 0.25) is 5.91 Å². The maximum Gasteiger partial charge on any atom is 0.339 e. The lowest BCUT2D eigenvalue weighted by Gasteiger charge is -2.26. The van der Waals surface area contributed by atoms with Crippen molar-refractivity contribution >= 4 is 11.9 Å². The molecule has 7 heteroatoms. The highest BCUT2D eigenvalue weighted by Crippen LogP contribution is 2.31. The molecular weight excluding hydrogens is 420 g/mol. The molecule has 1 aromatic heterocycles. The highest BCUT2D eigenvalue weighted by atomic mass is 16.6. The van der Waals surface area contributed by atoms with Gasteiger partial charge in [0, 0.05) is 11.4 Å². The molecule has 2 heterocycles. The molecule has 0 bridgehead atoms. The summed E-state index contributed by atoms with van der Waals surface area (Å²) in [5.41, 5.74) is 3.99. The largest absolute Gasteiger partial charge is 0.486 e. The van der Waals surface area contributed by atoms with E-state index in [1.807, 2.05) is 66.9 Å². The van der Waals surface area contributed by atoms with E-state index in [-0.39, 0.29) is 25.2 Å². The van der Waals surface area contributed by atoms with Crippen LogP contribution in [0.15, 0.2) is 54.6 Å². The van der Waals surface area contributed by atoms with Gasteiger partial charge in [-0.15, -0.1) is 0 Å². The molecule has 1 aliphatic heterocycles. The van der Waals surface area contributed by atoms with Crippen molar-refractivity contribution in [1.29, 1.82) is 0 Å². The smallest absolute Gasteiger partial charge is 0.339 e. The number of esters is 1. The number of amides is 1. The Morgan fingerprint density at radius 1 is 1.09 bits per heavy atom. The van der Waals surface area contributed by atoms with Gasteiger partial charge < -0.3 is 24.1 Å². The molecule has 2 aromatic carbocycles. The van der Waals surface area contributed by atoms with Crippen molar-refractivity contribution < 1.29 is 23.8 Å². The molecule has 0 fully saturated rings. The molecule has 1 unspecified atom stereocenters. The summed E-state index contributed by atoms with van der Waals surface area (Å²) in [6.45, 7) is 6.65. The molecule has 1 aliphatic rings. The maximum absolute atomic E-state index is 12.9. The second kappa shape index (κ2) is 9.81. The lowest BCUT2D eigenvalue weighted by molar-refractivity contribution is -0.122. The zero-order valence-electron chi connectivity index (χ0n) is 19.1. The molecule has 4 rings (SSSR count). The molecule has 7 nitrogen and oxygen atoms in total. The first-order chi connectivity index (χ1) is 16.0. The first-order valence-electron chi connectivity index (χ1n) is 11.1. The molecular formula is C26H28N2O5. The van der Waals surface area contributed by atoms with E-state index in [4.69, 9.17) is 14.2 Å². The van der Waals surface area contributed by atoms with Crippen molar-refractivity contribution in [3.8, 4) is 22.8 Å². The second-order valence-electron chi connectivity index (χ2n) is 8.00. The molecule has 1 amide bonds. The lowest BCUT2D eigenvalue weighted by Crippen LogP contribution is -2.41. The Morgan fingerprint density at radius 3 is 2.55 bits per heavy atom. The van der Waals surface area contributed by atoms with E-state index in [0.717, 1.165) is 16.8 Å². The fraction of sp³-hybridized carbons (Fsp3) is 0.308. The Hall–Kier alpha value is -3.74. The van der Waals surface area contributed by atoms with Gasteiger partial charge in [-0.2, -0.15) is 0 Å². The Labute approximate surface area is 193 Å². The van der Waals surface area contributed by atoms with Crippen molar-refractivity contribution in [2.75, 3.05) is 19.8 Å². The normalized spacial score (nSPS) is 14.6. The van der Waals surface area contributed by atoms with Crippen molar-refractivity contribution in [2.24, 2.45) is 0 Å². The Kier molecular flexibility index (Phi) is 6.68. The summed E-state index contributed by atoms with van der Waals surface area (Å²) >= 11 is 0. The molecule has 1 atom stereocenters. The fourth-order valence-electron chi connectivity index (χ4n) is 3.82. The number of benzene rings is 2. The highest BCUT2D eigenvalue weighted by molar-refractivity contribution is 5.93. The molecule has 1 N–H and O–H groups in total. The van der Waals surface area contributed by atoms with Crippen LogP contribution in [0.2, 0.25) is 0 Å². The van der Waals surface area contributed by atoms with Gasteiger partial charge in [0.1, 0.15) is 19.3 Å². The topological polar surface area (TPSA) is 78.8 Å². The van der Waals surface area contributed by atoms with Crippen LogP contribution in [0.5, 0.6) is 11.5 Å². The molecule has 0 radical (unpaired) electrons. The van der Waals surface area contributed by atoms with Crippen LogP contribution in [0.4, 0.5) is 0 Å². The standard InChI is InChI=1S/C26H28N2O5/c1-4-31-26(30)21-13-22(19-11-9-17(2)10-12-19)28(18(21)3)15-25(29)27-14-20-16-32-23-7-5-6-8-24(23)33-20/h5-13,20H,4,14-16H2,1-3H3,(H,27,29). The van der Waals surface area contributed by atoms with E-state index in [0.29, 0.717) is 35.9 Å². The number of carbonyl (C=O) groups excluding carboxylic acids is 2. The molecule has 3 aromatic rings. The minimum absolute atomic E-state index is 0.0681. The van der Waals surface area contributed by atoms with E-state index in [1.54, 1.807) is 13.0 Å². The monoisotopic (exact) mass is 448 g/mol. The minimum Gasteiger partial charge on any atom is -0.486 e. The molecule has 0 spiro atoms. The quantitative estimate of drug-likeness (QED) is 0.555. The fourth-order valence-corrected chi connectivity index (χ4v) is 3.82. The number of aryl methyl sites for hydroxylation is 1. The first kappa shape index (κ1) is 22.5. The number of nitrogens with one attached hydrogen (secondary N) is 1. The average Bonchev–Trinajstić information content (AvgIpc) is 3.14. The summed E-state index contributed by atoms with van der Waals surface area (Å²) in [6.07, 6.45) is -0.277. The maximum atomic E-state index is 12.9. The van der Waals surface area contributed by atoms with Crippen molar-refractivity contribution in [1.82, 2.24) is 9.88 Å². The van der Waals surface area contributed by atoms with E-state index in [9.17, 15) is 9.59 Å². The van der Waals surface area contributed by atoms with Gasteiger partial charge in [0.25, 0.3) is 0 Å². The molecule has 0 saturated carbocycles.